The number of carbonyl (C=O) groups excluding carboxylic acids is 2. The van der Waals surface area contributed by atoms with E-state index in [0.717, 1.165) is 16.5 Å². The van der Waals surface area contributed by atoms with Gasteiger partial charge in [0, 0.05) is 10.4 Å². The first-order chi connectivity index (χ1) is 15.0. The molecule has 0 atom stereocenters. The molecule has 31 heavy (non-hydrogen) atoms. The van der Waals surface area contributed by atoms with Gasteiger partial charge in [0.1, 0.15) is 5.75 Å². The summed E-state index contributed by atoms with van der Waals surface area (Å²) in [5.41, 5.74) is 7.48. The van der Waals surface area contributed by atoms with Crippen molar-refractivity contribution in [2.75, 3.05) is 12.4 Å². The number of benzene rings is 2. The predicted octanol–water partition coefficient (Wildman–Crippen LogP) is 3.16. The van der Waals surface area contributed by atoms with E-state index in [1.165, 1.54) is 11.8 Å². The number of rotatable bonds is 6. The molecule has 8 nitrogen and oxygen atoms in total. The maximum atomic E-state index is 12.1. The van der Waals surface area contributed by atoms with E-state index < -0.39 is 5.91 Å². The summed E-state index contributed by atoms with van der Waals surface area (Å²) in [4.78, 5) is 24.0. The molecule has 0 aliphatic carbocycles. The highest BCUT2D eigenvalue weighted by molar-refractivity contribution is 7.99. The van der Waals surface area contributed by atoms with Crippen LogP contribution in [0, 0.1) is 6.92 Å². The molecule has 0 aliphatic heterocycles. The van der Waals surface area contributed by atoms with Gasteiger partial charge in [0.15, 0.2) is 17.4 Å². The second-order valence-electron chi connectivity index (χ2n) is 6.65. The summed E-state index contributed by atoms with van der Waals surface area (Å²) in [6.07, 6.45) is 0. The molecular weight excluding hydrogens is 438 g/mol. The van der Waals surface area contributed by atoms with Crippen molar-refractivity contribution in [3.05, 3.63) is 65.2 Å². The maximum absolute atomic E-state index is 12.1. The van der Waals surface area contributed by atoms with Crippen LogP contribution in [0.2, 0.25) is 5.02 Å². The Bertz CT molecular complexity index is 1260. The number of aromatic nitrogens is 3. The molecule has 10 heteroatoms. The number of halogens is 1. The lowest BCUT2D eigenvalue weighted by Gasteiger charge is -2.09. The molecule has 0 unspecified atom stereocenters. The lowest BCUT2D eigenvalue weighted by molar-refractivity contribution is -0.128. The topological polar surface area (TPSA) is 97.6 Å². The summed E-state index contributed by atoms with van der Waals surface area (Å²) >= 11 is 7.03. The van der Waals surface area contributed by atoms with Crippen LogP contribution >= 0.6 is 23.4 Å². The predicted molar refractivity (Wildman–Crippen MR) is 119 cm³/mol. The highest BCUT2D eigenvalue weighted by Crippen LogP contribution is 2.25. The summed E-state index contributed by atoms with van der Waals surface area (Å²) in [6.45, 7) is 1.78. The Hall–Kier alpha value is -3.30. The molecule has 0 spiro atoms. The molecule has 2 heterocycles. The van der Waals surface area contributed by atoms with Crippen LogP contribution in [0.4, 0.5) is 0 Å². The minimum absolute atomic E-state index is 0.0569. The number of para-hydroxylation sites is 1. The molecule has 2 N–H and O–H groups in total. The van der Waals surface area contributed by atoms with Crippen molar-refractivity contribution in [3.63, 3.8) is 0 Å². The first-order valence-electron chi connectivity index (χ1n) is 9.33. The largest absolute Gasteiger partial charge is 0.484 e. The van der Waals surface area contributed by atoms with Gasteiger partial charge in [-0.2, -0.15) is 0 Å². The zero-order valence-corrected chi connectivity index (χ0v) is 18.0. The van der Waals surface area contributed by atoms with Crippen LogP contribution in [0.5, 0.6) is 5.75 Å². The normalized spacial score (nSPS) is 10.9. The van der Waals surface area contributed by atoms with Crippen molar-refractivity contribution in [1.82, 2.24) is 25.4 Å². The summed E-state index contributed by atoms with van der Waals surface area (Å²) in [5.74, 6) is -0.301. The SMILES string of the molecule is Cc1cc2nnc(SCC(=O)NNC(=O)COc3ccc(Cl)cc3)n2c2ccccc12. The van der Waals surface area contributed by atoms with Gasteiger partial charge in [0.2, 0.25) is 5.91 Å². The summed E-state index contributed by atoms with van der Waals surface area (Å²) < 4.78 is 7.24. The number of ether oxygens (including phenoxy) is 1. The van der Waals surface area contributed by atoms with Crippen molar-refractivity contribution >= 4 is 51.7 Å². The standard InChI is InChI=1S/C21H18ClN5O3S/c1-13-10-18-23-26-21(27(18)17-5-3-2-4-16(13)17)31-12-20(29)25-24-19(28)11-30-15-8-6-14(22)7-9-15/h2-10H,11-12H2,1H3,(H,24,28)(H,25,29). The molecule has 4 aromatic rings. The van der Waals surface area contributed by atoms with Gasteiger partial charge in [-0.05, 0) is 48.9 Å². The van der Waals surface area contributed by atoms with E-state index in [1.54, 1.807) is 24.3 Å². The van der Waals surface area contributed by atoms with Gasteiger partial charge in [-0.3, -0.25) is 24.8 Å². The number of carbonyl (C=O) groups is 2. The molecular formula is C21H18ClN5O3S. The number of nitrogens with zero attached hydrogens (tertiary/aromatic N) is 3. The van der Waals surface area contributed by atoms with Crippen LogP contribution in [0.1, 0.15) is 5.56 Å². The van der Waals surface area contributed by atoms with Crippen LogP contribution < -0.4 is 15.6 Å². The average molecular weight is 456 g/mol. The summed E-state index contributed by atoms with van der Waals surface area (Å²) in [5, 5.41) is 10.7. The number of amides is 2. The third kappa shape index (κ3) is 4.89. The Balaban J connectivity index is 1.32. The molecule has 0 saturated heterocycles. The number of nitrogens with one attached hydrogen (secondary N) is 2. The van der Waals surface area contributed by atoms with Crippen LogP contribution in [0.3, 0.4) is 0 Å². The first kappa shape index (κ1) is 21.0. The van der Waals surface area contributed by atoms with E-state index in [-0.39, 0.29) is 18.3 Å². The molecule has 0 fully saturated rings. The van der Waals surface area contributed by atoms with Gasteiger partial charge in [0.25, 0.3) is 5.91 Å². The Kier molecular flexibility index (Phi) is 6.24. The second kappa shape index (κ2) is 9.23. The molecule has 4 rings (SSSR count). The minimum atomic E-state index is -0.484. The van der Waals surface area contributed by atoms with Crippen molar-refractivity contribution in [2.45, 2.75) is 12.1 Å². The average Bonchev–Trinajstić information content (AvgIpc) is 3.19. The van der Waals surface area contributed by atoms with E-state index in [4.69, 9.17) is 16.3 Å². The molecule has 2 aromatic carbocycles. The number of thioether (sulfide) groups is 1. The summed E-state index contributed by atoms with van der Waals surface area (Å²) in [7, 11) is 0. The Labute approximate surface area is 186 Å². The van der Waals surface area contributed by atoms with Gasteiger partial charge in [-0.1, -0.05) is 41.6 Å². The zero-order chi connectivity index (χ0) is 21.8. The highest BCUT2D eigenvalue weighted by Gasteiger charge is 2.13. The molecule has 0 bridgehead atoms. The van der Waals surface area contributed by atoms with Crippen molar-refractivity contribution in [2.24, 2.45) is 0 Å². The monoisotopic (exact) mass is 455 g/mol. The van der Waals surface area contributed by atoms with E-state index in [1.807, 2.05) is 41.7 Å². The van der Waals surface area contributed by atoms with Crippen molar-refractivity contribution in [3.8, 4) is 5.75 Å². The maximum Gasteiger partial charge on any atom is 0.276 e. The Morgan fingerprint density at radius 2 is 1.81 bits per heavy atom. The lowest BCUT2D eigenvalue weighted by atomic mass is 10.1. The van der Waals surface area contributed by atoms with Crippen LogP contribution in [0.25, 0.3) is 16.6 Å². The first-order valence-corrected chi connectivity index (χ1v) is 10.7. The second-order valence-corrected chi connectivity index (χ2v) is 8.03. The van der Waals surface area contributed by atoms with Gasteiger partial charge in [-0.15, -0.1) is 10.2 Å². The van der Waals surface area contributed by atoms with Gasteiger partial charge in [0.05, 0.1) is 11.3 Å². The lowest BCUT2D eigenvalue weighted by Crippen LogP contribution is -2.44. The van der Waals surface area contributed by atoms with Gasteiger partial charge >= 0.3 is 0 Å². The molecule has 2 amide bonds. The number of aryl methyl sites for hydroxylation is 1. The summed E-state index contributed by atoms with van der Waals surface area (Å²) in [6, 6.07) is 16.5. The van der Waals surface area contributed by atoms with Crippen molar-refractivity contribution < 1.29 is 14.3 Å². The van der Waals surface area contributed by atoms with Gasteiger partial charge in [-0.25, -0.2) is 0 Å². The van der Waals surface area contributed by atoms with Crippen LogP contribution in [-0.2, 0) is 9.59 Å². The van der Waals surface area contributed by atoms with Crippen molar-refractivity contribution in [1.29, 1.82) is 0 Å². The molecule has 0 radical (unpaired) electrons. The molecule has 0 aliphatic rings. The quantitative estimate of drug-likeness (QED) is 0.342. The molecule has 158 valence electrons. The van der Waals surface area contributed by atoms with Crippen LogP contribution in [0.15, 0.2) is 59.8 Å². The van der Waals surface area contributed by atoms with Gasteiger partial charge < -0.3 is 4.74 Å². The Morgan fingerprint density at radius 3 is 2.61 bits per heavy atom. The zero-order valence-electron chi connectivity index (χ0n) is 16.5. The van der Waals surface area contributed by atoms with Crippen LogP contribution in [-0.4, -0.2) is 38.8 Å². The van der Waals surface area contributed by atoms with E-state index in [0.29, 0.717) is 21.6 Å². The number of hydrazine groups is 1. The van der Waals surface area contributed by atoms with E-state index in [9.17, 15) is 9.59 Å². The molecule has 0 saturated carbocycles. The Morgan fingerprint density at radius 1 is 1.06 bits per heavy atom. The molecule has 2 aromatic heterocycles. The smallest absolute Gasteiger partial charge is 0.276 e. The fraction of sp³-hybridized carbons (Fsp3) is 0.143. The fourth-order valence-electron chi connectivity index (χ4n) is 2.99. The van der Waals surface area contributed by atoms with E-state index in [2.05, 4.69) is 21.0 Å². The number of fused-ring (bicyclic) bond motifs is 3. The number of pyridine rings is 1. The number of hydrogen-bond acceptors (Lipinski definition) is 6. The highest BCUT2D eigenvalue weighted by atomic mass is 35.5. The minimum Gasteiger partial charge on any atom is -0.484 e. The van der Waals surface area contributed by atoms with E-state index >= 15 is 0 Å². The number of hydrogen-bond donors (Lipinski definition) is 2. The third-order valence-corrected chi connectivity index (χ3v) is 5.61. The third-order valence-electron chi connectivity index (χ3n) is 4.43. The fourth-order valence-corrected chi connectivity index (χ4v) is 3.87.